The average Bonchev–Trinajstić information content (AvgIpc) is 2.37. The number of rotatable bonds is 7. The van der Waals surface area contributed by atoms with Gasteiger partial charge in [0.05, 0.1) is 24.7 Å². The maximum Gasteiger partial charge on any atom is 0.275 e. The first-order valence-electron chi connectivity index (χ1n) is 5.81. The smallest absolute Gasteiger partial charge is 0.275 e. The van der Waals surface area contributed by atoms with Gasteiger partial charge in [-0.2, -0.15) is 0 Å². The number of benzene rings is 1. The molecular formula is C12H18N2O4. The Balaban J connectivity index is 3.11. The van der Waals surface area contributed by atoms with Crippen molar-refractivity contribution in [2.45, 2.75) is 13.3 Å². The summed E-state index contributed by atoms with van der Waals surface area (Å²) in [6.45, 7) is 3.19. The molecule has 0 atom stereocenters. The van der Waals surface area contributed by atoms with E-state index >= 15 is 0 Å². The third-order valence-corrected chi connectivity index (χ3v) is 2.55. The molecule has 100 valence electrons. The quantitative estimate of drug-likeness (QED) is 0.593. The highest BCUT2D eigenvalue weighted by atomic mass is 16.6. The van der Waals surface area contributed by atoms with E-state index in [2.05, 4.69) is 0 Å². The van der Waals surface area contributed by atoms with Crippen LogP contribution in [0.25, 0.3) is 0 Å². The van der Waals surface area contributed by atoms with Crippen LogP contribution in [0.3, 0.4) is 0 Å². The zero-order chi connectivity index (χ0) is 13.5. The summed E-state index contributed by atoms with van der Waals surface area (Å²) < 4.78 is 5.06. The number of hydrogen-bond donors (Lipinski definition) is 1. The molecule has 0 fully saturated rings. The van der Waals surface area contributed by atoms with Crippen LogP contribution in [0.2, 0.25) is 0 Å². The van der Waals surface area contributed by atoms with Gasteiger partial charge < -0.3 is 14.7 Å². The third kappa shape index (κ3) is 3.59. The van der Waals surface area contributed by atoms with Crippen molar-refractivity contribution < 1.29 is 14.8 Å². The Morgan fingerprint density at radius 2 is 2.11 bits per heavy atom. The second-order valence-corrected chi connectivity index (χ2v) is 3.86. The van der Waals surface area contributed by atoms with Crippen LogP contribution in [0.15, 0.2) is 18.2 Å². The standard InChI is InChI=1S/C12H18N2O4/c1-3-4-13(5-6-15)10-7-11(14(16)17)9-12(8-10)18-2/h7-9,15H,3-6H2,1-2H3. The first-order valence-corrected chi connectivity index (χ1v) is 5.81. The van der Waals surface area contributed by atoms with Crippen molar-refractivity contribution in [3.63, 3.8) is 0 Å². The monoisotopic (exact) mass is 254 g/mol. The van der Waals surface area contributed by atoms with Crippen molar-refractivity contribution in [3.8, 4) is 5.75 Å². The Labute approximate surface area is 106 Å². The Bertz CT molecular complexity index is 403. The van der Waals surface area contributed by atoms with Gasteiger partial charge in [0.2, 0.25) is 0 Å². The minimum atomic E-state index is -0.449. The van der Waals surface area contributed by atoms with E-state index in [1.165, 1.54) is 19.2 Å². The molecule has 1 rings (SSSR count). The number of aliphatic hydroxyl groups is 1. The lowest BCUT2D eigenvalue weighted by Crippen LogP contribution is -2.27. The lowest BCUT2D eigenvalue weighted by molar-refractivity contribution is -0.384. The minimum absolute atomic E-state index is 0.00497. The van der Waals surface area contributed by atoms with Gasteiger partial charge in [0.1, 0.15) is 5.75 Å². The average molecular weight is 254 g/mol. The number of nitrogens with zero attached hydrogens (tertiary/aromatic N) is 2. The van der Waals surface area contributed by atoms with E-state index in [1.54, 1.807) is 6.07 Å². The predicted molar refractivity (Wildman–Crippen MR) is 69.2 cm³/mol. The zero-order valence-corrected chi connectivity index (χ0v) is 10.6. The maximum absolute atomic E-state index is 10.8. The molecule has 0 heterocycles. The largest absolute Gasteiger partial charge is 0.496 e. The minimum Gasteiger partial charge on any atom is -0.496 e. The highest BCUT2D eigenvalue weighted by Crippen LogP contribution is 2.28. The highest BCUT2D eigenvalue weighted by molar-refractivity contribution is 5.58. The van der Waals surface area contributed by atoms with Gasteiger partial charge >= 0.3 is 0 Å². The van der Waals surface area contributed by atoms with Crippen LogP contribution in [0.4, 0.5) is 11.4 Å². The summed E-state index contributed by atoms with van der Waals surface area (Å²) >= 11 is 0. The van der Waals surface area contributed by atoms with Crippen molar-refractivity contribution >= 4 is 11.4 Å². The van der Waals surface area contributed by atoms with Gasteiger partial charge in [0, 0.05) is 30.9 Å². The maximum atomic E-state index is 10.8. The van der Waals surface area contributed by atoms with Crippen LogP contribution in [-0.4, -0.2) is 36.8 Å². The molecule has 0 unspecified atom stereocenters. The Kier molecular flexibility index (Phi) is 5.38. The van der Waals surface area contributed by atoms with Crippen LogP contribution in [0, 0.1) is 10.1 Å². The lowest BCUT2D eigenvalue weighted by atomic mass is 10.2. The molecule has 0 amide bonds. The summed E-state index contributed by atoms with van der Waals surface area (Å²) in [4.78, 5) is 12.3. The summed E-state index contributed by atoms with van der Waals surface area (Å²) in [6.07, 6.45) is 0.894. The molecule has 6 heteroatoms. The number of ether oxygens (including phenoxy) is 1. The molecule has 0 saturated carbocycles. The molecule has 0 saturated heterocycles. The van der Waals surface area contributed by atoms with Gasteiger partial charge in [0.25, 0.3) is 5.69 Å². The van der Waals surface area contributed by atoms with Crippen molar-refractivity contribution in [2.24, 2.45) is 0 Å². The molecule has 0 aliphatic carbocycles. The molecule has 0 aromatic heterocycles. The fourth-order valence-electron chi connectivity index (χ4n) is 1.73. The van der Waals surface area contributed by atoms with Gasteiger partial charge in [-0.05, 0) is 6.42 Å². The van der Waals surface area contributed by atoms with E-state index < -0.39 is 4.92 Å². The van der Waals surface area contributed by atoms with Gasteiger partial charge in [-0.25, -0.2) is 0 Å². The predicted octanol–water partition coefficient (Wildman–Crippen LogP) is 1.81. The van der Waals surface area contributed by atoms with Gasteiger partial charge in [-0.3, -0.25) is 10.1 Å². The number of nitro groups is 1. The number of non-ortho nitro benzene ring substituents is 1. The summed E-state index contributed by atoms with van der Waals surface area (Å²) in [5, 5.41) is 19.9. The topological polar surface area (TPSA) is 75.8 Å². The fourth-order valence-corrected chi connectivity index (χ4v) is 1.73. The SMILES string of the molecule is CCCN(CCO)c1cc(OC)cc([N+](=O)[O-])c1. The van der Waals surface area contributed by atoms with E-state index in [9.17, 15) is 10.1 Å². The summed E-state index contributed by atoms with van der Waals surface area (Å²) in [5.41, 5.74) is 0.681. The number of nitro benzene ring substituents is 1. The molecular weight excluding hydrogens is 236 g/mol. The van der Waals surface area contributed by atoms with Crippen molar-refractivity contribution in [2.75, 3.05) is 31.7 Å². The molecule has 6 nitrogen and oxygen atoms in total. The molecule has 1 aromatic rings. The number of aliphatic hydroxyl groups excluding tert-OH is 1. The molecule has 1 aromatic carbocycles. The number of hydrogen-bond acceptors (Lipinski definition) is 5. The molecule has 1 N–H and O–H groups in total. The van der Waals surface area contributed by atoms with Crippen LogP contribution >= 0.6 is 0 Å². The molecule has 0 radical (unpaired) electrons. The van der Waals surface area contributed by atoms with Crippen molar-refractivity contribution in [1.29, 1.82) is 0 Å². The van der Waals surface area contributed by atoms with E-state index in [-0.39, 0.29) is 12.3 Å². The summed E-state index contributed by atoms with van der Waals surface area (Å²) in [6, 6.07) is 4.61. The van der Waals surface area contributed by atoms with E-state index in [0.29, 0.717) is 18.0 Å². The number of anilines is 1. The first-order chi connectivity index (χ1) is 8.62. The van der Waals surface area contributed by atoms with E-state index in [1.807, 2.05) is 11.8 Å². The first kappa shape index (κ1) is 14.2. The van der Waals surface area contributed by atoms with Gasteiger partial charge in [-0.1, -0.05) is 6.92 Å². The third-order valence-electron chi connectivity index (χ3n) is 2.55. The van der Waals surface area contributed by atoms with Crippen molar-refractivity contribution in [3.05, 3.63) is 28.3 Å². The fraction of sp³-hybridized carbons (Fsp3) is 0.500. The normalized spacial score (nSPS) is 10.2. The van der Waals surface area contributed by atoms with Crippen LogP contribution in [-0.2, 0) is 0 Å². The van der Waals surface area contributed by atoms with E-state index in [0.717, 1.165) is 13.0 Å². The number of methoxy groups -OCH3 is 1. The molecule has 0 aliphatic heterocycles. The summed E-state index contributed by atoms with van der Waals surface area (Å²) in [5.74, 6) is 0.443. The van der Waals surface area contributed by atoms with Gasteiger partial charge in [0.15, 0.2) is 0 Å². The van der Waals surface area contributed by atoms with Crippen LogP contribution in [0.5, 0.6) is 5.75 Å². The van der Waals surface area contributed by atoms with E-state index in [4.69, 9.17) is 9.84 Å². The lowest BCUT2D eigenvalue weighted by Gasteiger charge is -2.23. The summed E-state index contributed by atoms with van der Waals surface area (Å²) in [7, 11) is 1.47. The Morgan fingerprint density at radius 1 is 1.39 bits per heavy atom. The Morgan fingerprint density at radius 3 is 2.61 bits per heavy atom. The highest BCUT2D eigenvalue weighted by Gasteiger charge is 2.14. The van der Waals surface area contributed by atoms with Crippen LogP contribution < -0.4 is 9.64 Å². The second-order valence-electron chi connectivity index (χ2n) is 3.86. The Hall–Kier alpha value is -1.82. The second kappa shape index (κ2) is 6.80. The molecule has 0 spiro atoms. The van der Waals surface area contributed by atoms with Crippen molar-refractivity contribution in [1.82, 2.24) is 0 Å². The zero-order valence-electron chi connectivity index (χ0n) is 10.6. The molecule has 18 heavy (non-hydrogen) atoms. The molecule has 0 aliphatic rings. The molecule has 0 bridgehead atoms. The van der Waals surface area contributed by atoms with Crippen LogP contribution in [0.1, 0.15) is 13.3 Å². The van der Waals surface area contributed by atoms with Gasteiger partial charge in [-0.15, -0.1) is 0 Å².